The number of anilines is 1. The van der Waals surface area contributed by atoms with E-state index in [1.165, 1.54) is 6.07 Å². The molecule has 0 bridgehead atoms. The highest BCUT2D eigenvalue weighted by Gasteiger charge is 2.22. The number of rotatable bonds is 3. The third-order valence-electron chi connectivity index (χ3n) is 3.02. The molecule has 0 unspecified atom stereocenters. The van der Waals surface area contributed by atoms with Gasteiger partial charge in [-0.05, 0) is 31.2 Å². The predicted molar refractivity (Wildman–Crippen MR) is 75.1 cm³/mol. The minimum absolute atomic E-state index is 0.0761. The van der Waals surface area contributed by atoms with E-state index < -0.39 is 29.2 Å². The summed E-state index contributed by atoms with van der Waals surface area (Å²) in [4.78, 5) is 13.5. The molecule has 1 amide bonds. The van der Waals surface area contributed by atoms with Crippen molar-refractivity contribution < 1.29 is 22.4 Å². The van der Waals surface area contributed by atoms with Crippen LogP contribution in [0.15, 0.2) is 30.3 Å². The average Bonchev–Trinajstić information content (AvgIpc) is 2.47. The van der Waals surface area contributed by atoms with Crippen molar-refractivity contribution >= 4 is 23.2 Å². The first kappa shape index (κ1) is 16.3. The SMILES string of the molecule is CCN(C(=O)c1cc(F)c(F)cc1Cl)c1ccc(F)c(F)c1. The normalized spacial score (nSPS) is 10.6. The van der Waals surface area contributed by atoms with Crippen molar-refractivity contribution in [2.75, 3.05) is 11.4 Å². The second-order valence-electron chi connectivity index (χ2n) is 4.39. The fraction of sp³-hybridized carbons (Fsp3) is 0.133. The Morgan fingerprint density at radius 3 is 2.18 bits per heavy atom. The minimum Gasteiger partial charge on any atom is -0.308 e. The number of amides is 1. The smallest absolute Gasteiger partial charge is 0.259 e. The summed E-state index contributed by atoms with van der Waals surface area (Å²) in [6.45, 7) is 1.69. The number of carbonyl (C=O) groups is 1. The van der Waals surface area contributed by atoms with Crippen LogP contribution in [-0.4, -0.2) is 12.5 Å². The van der Waals surface area contributed by atoms with Crippen molar-refractivity contribution in [1.82, 2.24) is 0 Å². The second-order valence-corrected chi connectivity index (χ2v) is 4.80. The fourth-order valence-corrected chi connectivity index (χ4v) is 2.16. The molecule has 2 aromatic carbocycles. The molecule has 0 atom stereocenters. The first-order valence-corrected chi connectivity index (χ1v) is 6.64. The molecule has 2 rings (SSSR count). The number of hydrogen-bond acceptors (Lipinski definition) is 1. The van der Waals surface area contributed by atoms with Crippen LogP contribution in [0.25, 0.3) is 0 Å². The van der Waals surface area contributed by atoms with Gasteiger partial charge in [0, 0.05) is 18.3 Å². The molecule has 22 heavy (non-hydrogen) atoms. The summed E-state index contributed by atoms with van der Waals surface area (Å²) in [6, 6.07) is 4.26. The van der Waals surface area contributed by atoms with Gasteiger partial charge in [0.25, 0.3) is 5.91 Å². The molecular weight excluding hydrogens is 322 g/mol. The summed E-state index contributed by atoms with van der Waals surface area (Å²) >= 11 is 5.75. The molecule has 116 valence electrons. The van der Waals surface area contributed by atoms with Gasteiger partial charge in [0.15, 0.2) is 23.3 Å². The van der Waals surface area contributed by atoms with E-state index in [9.17, 15) is 22.4 Å². The first-order valence-electron chi connectivity index (χ1n) is 6.26. The topological polar surface area (TPSA) is 20.3 Å². The molecule has 0 aliphatic heterocycles. The zero-order chi connectivity index (χ0) is 16.4. The van der Waals surface area contributed by atoms with E-state index in [0.29, 0.717) is 12.1 Å². The van der Waals surface area contributed by atoms with E-state index in [1.54, 1.807) is 6.92 Å². The Morgan fingerprint density at radius 2 is 1.59 bits per heavy atom. The Balaban J connectivity index is 2.45. The largest absolute Gasteiger partial charge is 0.308 e. The van der Waals surface area contributed by atoms with E-state index in [0.717, 1.165) is 17.0 Å². The Hall–Kier alpha value is -2.08. The molecule has 2 aromatic rings. The van der Waals surface area contributed by atoms with Gasteiger partial charge in [0.05, 0.1) is 10.6 Å². The number of benzene rings is 2. The van der Waals surface area contributed by atoms with Gasteiger partial charge in [0.2, 0.25) is 0 Å². The summed E-state index contributed by atoms with van der Waals surface area (Å²) in [5.41, 5.74) is -0.195. The molecule has 0 saturated heterocycles. The van der Waals surface area contributed by atoms with Gasteiger partial charge >= 0.3 is 0 Å². The van der Waals surface area contributed by atoms with E-state index in [4.69, 9.17) is 11.6 Å². The van der Waals surface area contributed by atoms with Crippen LogP contribution in [0.5, 0.6) is 0 Å². The van der Waals surface area contributed by atoms with E-state index >= 15 is 0 Å². The lowest BCUT2D eigenvalue weighted by molar-refractivity contribution is 0.0988. The molecule has 0 fully saturated rings. The molecular formula is C15H10ClF4NO. The minimum atomic E-state index is -1.23. The highest BCUT2D eigenvalue weighted by atomic mass is 35.5. The Labute approximate surface area is 128 Å². The van der Waals surface area contributed by atoms with Crippen LogP contribution in [0, 0.1) is 23.3 Å². The Kier molecular flexibility index (Phi) is 4.71. The van der Waals surface area contributed by atoms with Crippen LogP contribution >= 0.6 is 11.6 Å². The molecule has 0 N–H and O–H groups in total. The standard InChI is InChI=1S/C15H10ClF4NO/c1-2-21(8-3-4-11(17)12(18)5-8)15(22)9-6-13(19)14(20)7-10(9)16/h3-7H,2H2,1H3. The van der Waals surface area contributed by atoms with Crippen LogP contribution in [0.4, 0.5) is 23.2 Å². The van der Waals surface area contributed by atoms with Crippen LogP contribution in [0.1, 0.15) is 17.3 Å². The lowest BCUT2D eigenvalue weighted by Crippen LogP contribution is -2.31. The van der Waals surface area contributed by atoms with Crippen molar-refractivity contribution in [3.8, 4) is 0 Å². The first-order chi connectivity index (χ1) is 10.3. The molecule has 7 heteroatoms. The molecule has 0 spiro atoms. The average molecular weight is 332 g/mol. The van der Waals surface area contributed by atoms with Crippen molar-refractivity contribution in [2.24, 2.45) is 0 Å². The molecule has 0 saturated carbocycles. The van der Waals surface area contributed by atoms with E-state index in [-0.39, 0.29) is 22.8 Å². The maximum absolute atomic E-state index is 13.3. The molecule has 0 aliphatic rings. The van der Waals surface area contributed by atoms with Gasteiger partial charge in [-0.15, -0.1) is 0 Å². The highest BCUT2D eigenvalue weighted by molar-refractivity contribution is 6.34. The predicted octanol–water partition coefficient (Wildman–Crippen LogP) is 4.56. The molecule has 0 heterocycles. The monoisotopic (exact) mass is 331 g/mol. The van der Waals surface area contributed by atoms with Gasteiger partial charge in [0.1, 0.15) is 0 Å². The summed E-state index contributed by atoms with van der Waals surface area (Å²) in [7, 11) is 0. The molecule has 0 aliphatic carbocycles. The molecule has 2 nitrogen and oxygen atoms in total. The Morgan fingerprint density at radius 1 is 1.00 bits per heavy atom. The number of carbonyl (C=O) groups excluding carboxylic acids is 1. The van der Waals surface area contributed by atoms with Crippen molar-refractivity contribution in [3.05, 3.63) is 64.2 Å². The van der Waals surface area contributed by atoms with Gasteiger partial charge in [-0.2, -0.15) is 0 Å². The fourth-order valence-electron chi connectivity index (χ4n) is 1.93. The maximum Gasteiger partial charge on any atom is 0.259 e. The van der Waals surface area contributed by atoms with Crippen molar-refractivity contribution in [3.63, 3.8) is 0 Å². The van der Waals surface area contributed by atoms with Gasteiger partial charge in [-0.3, -0.25) is 4.79 Å². The zero-order valence-electron chi connectivity index (χ0n) is 11.3. The van der Waals surface area contributed by atoms with Crippen LogP contribution in [0.2, 0.25) is 5.02 Å². The second kappa shape index (κ2) is 6.36. The quantitative estimate of drug-likeness (QED) is 0.596. The van der Waals surface area contributed by atoms with Crippen molar-refractivity contribution in [1.29, 1.82) is 0 Å². The summed E-state index contributed by atoms with van der Waals surface area (Å²) in [5.74, 6) is -5.35. The van der Waals surface area contributed by atoms with Crippen LogP contribution in [0.3, 0.4) is 0 Å². The Bertz CT molecular complexity index is 736. The number of hydrogen-bond donors (Lipinski definition) is 0. The summed E-state index contributed by atoms with van der Waals surface area (Å²) in [5, 5.41) is -0.273. The van der Waals surface area contributed by atoms with Crippen LogP contribution in [-0.2, 0) is 0 Å². The number of nitrogens with zero attached hydrogens (tertiary/aromatic N) is 1. The highest BCUT2D eigenvalue weighted by Crippen LogP contribution is 2.25. The van der Waals surface area contributed by atoms with Gasteiger partial charge in [-0.25, -0.2) is 17.6 Å². The number of halogens is 5. The zero-order valence-corrected chi connectivity index (χ0v) is 12.1. The van der Waals surface area contributed by atoms with Crippen LogP contribution < -0.4 is 4.90 Å². The maximum atomic E-state index is 13.3. The van der Waals surface area contributed by atoms with Gasteiger partial charge < -0.3 is 4.90 Å². The lowest BCUT2D eigenvalue weighted by atomic mass is 10.1. The molecule has 0 aromatic heterocycles. The summed E-state index contributed by atoms with van der Waals surface area (Å²) in [6.07, 6.45) is 0. The van der Waals surface area contributed by atoms with Crippen molar-refractivity contribution in [2.45, 2.75) is 6.92 Å². The summed E-state index contributed by atoms with van der Waals surface area (Å²) < 4.78 is 52.6. The van der Waals surface area contributed by atoms with Gasteiger partial charge in [-0.1, -0.05) is 11.6 Å². The van der Waals surface area contributed by atoms with E-state index in [2.05, 4.69) is 0 Å². The third kappa shape index (κ3) is 3.06. The molecule has 0 radical (unpaired) electrons. The third-order valence-corrected chi connectivity index (χ3v) is 3.33. The lowest BCUT2D eigenvalue weighted by Gasteiger charge is -2.22. The van der Waals surface area contributed by atoms with E-state index in [1.807, 2.05) is 0 Å².